The molecule has 0 unspecified atom stereocenters. The Bertz CT molecular complexity index is 2900. The minimum absolute atomic E-state index is 0.904. The molecular formula is C50H32O. The van der Waals surface area contributed by atoms with Gasteiger partial charge >= 0.3 is 0 Å². The molecule has 0 N–H and O–H groups in total. The lowest BCUT2D eigenvalue weighted by Gasteiger charge is -2.20. The third kappa shape index (κ3) is 4.94. The molecule has 238 valence electrons. The summed E-state index contributed by atoms with van der Waals surface area (Å²) >= 11 is 0. The molecular weight excluding hydrogens is 617 g/mol. The summed E-state index contributed by atoms with van der Waals surface area (Å²) in [6, 6.07) is 70.1. The van der Waals surface area contributed by atoms with Gasteiger partial charge in [0.15, 0.2) is 0 Å². The molecule has 10 aromatic rings. The van der Waals surface area contributed by atoms with E-state index in [2.05, 4.69) is 188 Å². The predicted molar refractivity (Wildman–Crippen MR) is 216 cm³/mol. The van der Waals surface area contributed by atoms with E-state index in [-0.39, 0.29) is 0 Å². The van der Waals surface area contributed by atoms with E-state index < -0.39 is 0 Å². The molecule has 1 aromatic heterocycles. The average Bonchev–Trinajstić information content (AvgIpc) is 3.59. The molecule has 1 heteroatoms. The molecule has 9 aromatic carbocycles. The SMILES string of the molecule is c1ccc(-c2cccc(-c3c4ccccc4c(-c4cccc(-c5ccccc5)c4)c4cc(-c5cccc6oc7ccccc7c56)ccc34)c2)cc1. The molecule has 0 atom stereocenters. The number of hydrogen-bond donors (Lipinski definition) is 0. The fourth-order valence-electron chi connectivity index (χ4n) is 7.95. The lowest BCUT2D eigenvalue weighted by atomic mass is 9.83. The van der Waals surface area contributed by atoms with Crippen molar-refractivity contribution in [2.75, 3.05) is 0 Å². The second-order valence-electron chi connectivity index (χ2n) is 13.2. The molecule has 0 saturated heterocycles. The molecule has 1 nitrogen and oxygen atoms in total. The molecule has 1 heterocycles. The van der Waals surface area contributed by atoms with Crippen LogP contribution < -0.4 is 0 Å². The Labute approximate surface area is 296 Å². The quantitative estimate of drug-likeness (QED) is 0.169. The molecule has 0 fully saturated rings. The zero-order valence-corrected chi connectivity index (χ0v) is 27.9. The van der Waals surface area contributed by atoms with E-state index in [1.165, 1.54) is 77.2 Å². The Morgan fingerprint density at radius 2 is 0.725 bits per heavy atom. The Kier molecular flexibility index (Phi) is 6.89. The van der Waals surface area contributed by atoms with Crippen LogP contribution in [-0.4, -0.2) is 0 Å². The van der Waals surface area contributed by atoms with E-state index in [4.69, 9.17) is 4.42 Å². The fourth-order valence-corrected chi connectivity index (χ4v) is 7.95. The summed E-state index contributed by atoms with van der Waals surface area (Å²) in [4.78, 5) is 0. The number of benzene rings is 9. The van der Waals surface area contributed by atoms with Crippen LogP contribution in [0.15, 0.2) is 199 Å². The first-order valence-electron chi connectivity index (χ1n) is 17.5. The van der Waals surface area contributed by atoms with Gasteiger partial charge in [-0.3, -0.25) is 0 Å². The number of para-hydroxylation sites is 1. The van der Waals surface area contributed by atoms with Crippen molar-refractivity contribution in [3.05, 3.63) is 194 Å². The molecule has 51 heavy (non-hydrogen) atoms. The van der Waals surface area contributed by atoms with Crippen molar-refractivity contribution in [3.63, 3.8) is 0 Å². The van der Waals surface area contributed by atoms with Crippen LogP contribution in [0, 0.1) is 0 Å². The highest BCUT2D eigenvalue weighted by Gasteiger charge is 2.20. The van der Waals surface area contributed by atoms with Gasteiger partial charge in [-0.15, -0.1) is 0 Å². The largest absolute Gasteiger partial charge is 0.456 e. The predicted octanol–water partition coefficient (Wildman–Crippen LogP) is 14.2. The minimum Gasteiger partial charge on any atom is -0.456 e. The molecule has 0 saturated carbocycles. The van der Waals surface area contributed by atoms with Crippen LogP contribution >= 0.6 is 0 Å². The number of fused-ring (bicyclic) bond motifs is 5. The van der Waals surface area contributed by atoms with Crippen molar-refractivity contribution >= 4 is 43.5 Å². The molecule has 0 aliphatic heterocycles. The number of furan rings is 1. The van der Waals surface area contributed by atoms with E-state index in [9.17, 15) is 0 Å². The van der Waals surface area contributed by atoms with Gasteiger partial charge in [0.05, 0.1) is 0 Å². The zero-order valence-electron chi connectivity index (χ0n) is 27.9. The number of rotatable bonds is 5. The van der Waals surface area contributed by atoms with Crippen molar-refractivity contribution in [2.24, 2.45) is 0 Å². The summed E-state index contributed by atoms with van der Waals surface area (Å²) < 4.78 is 6.33. The Morgan fingerprint density at radius 1 is 0.255 bits per heavy atom. The van der Waals surface area contributed by atoms with Gasteiger partial charge in [0.25, 0.3) is 0 Å². The molecule has 0 spiro atoms. The standard InChI is InChI=1S/C50H32O/c1-3-14-33(15-4-1)35-18-11-20-38(30-35)48-41-22-7-8-23-42(41)49(39-21-12-19-36(31-39)34-16-5-2-6-17-34)45-32-37(28-29-43(45)48)40-25-13-27-47-50(40)44-24-9-10-26-46(44)51-47/h1-32H. The lowest BCUT2D eigenvalue weighted by molar-refractivity contribution is 0.669. The Morgan fingerprint density at radius 3 is 1.37 bits per heavy atom. The lowest BCUT2D eigenvalue weighted by Crippen LogP contribution is -1.92. The Hall–Kier alpha value is -6.70. The second kappa shape index (κ2) is 12.0. The first-order chi connectivity index (χ1) is 25.3. The van der Waals surface area contributed by atoms with Gasteiger partial charge in [-0.05, 0) is 108 Å². The third-order valence-corrected chi connectivity index (χ3v) is 10.3. The average molecular weight is 649 g/mol. The summed E-state index contributed by atoms with van der Waals surface area (Å²) in [5.74, 6) is 0. The maximum atomic E-state index is 6.33. The van der Waals surface area contributed by atoms with Gasteiger partial charge < -0.3 is 4.42 Å². The first kappa shape index (κ1) is 29.2. The summed E-state index contributed by atoms with van der Waals surface area (Å²) in [6.45, 7) is 0. The van der Waals surface area contributed by atoms with Crippen molar-refractivity contribution in [3.8, 4) is 55.6 Å². The van der Waals surface area contributed by atoms with E-state index in [1.807, 2.05) is 6.07 Å². The maximum Gasteiger partial charge on any atom is 0.136 e. The summed E-state index contributed by atoms with van der Waals surface area (Å²) in [6.07, 6.45) is 0. The second-order valence-corrected chi connectivity index (χ2v) is 13.2. The molecule has 0 amide bonds. The molecule has 0 aliphatic rings. The van der Waals surface area contributed by atoms with Gasteiger partial charge in [0.2, 0.25) is 0 Å². The molecule has 0 bridgehead atoms. The van der Waals surface area contributed by atoms with E-state index in [1.54, 1.807) is 0 Å². The van der Waals surface area contributed by atoms with Crippen molar-refractivity contribution in [2.45, 2.75) is 0 Å². The van der Waals surface area contributed by atoms with E-state index in [0.29, 0.717) is 0 Å². The van der Waals surface area contributed by atoms with Crippen LogP contribution in [0.1, 0.15) is 0 Å². The highest BCUT2D eigenvalue weighted by atomic mass is 16.3. The van der Waals surface area contributed by atoms with Crippen LogP contribution in [0.3, 0.4) is 0 Å². The van der Waals surface area contributed by atoms with Crippen molar-refractivity contribution < 1.29 is 4.42 Å². The molecule has 10 rings (SSSR count). The van der Waals surface area contributed by atoms with Gasteiger partial charge in [0, 0.05) is 10.8 Å². The van der Waals surface area contributed by atoms with E-state index >= 15 is 0 Å². The van der Waals surface area contributed by atoms with Crippen LogP contribution in [0.25, 0.3) is 99.1 Å². The van der Waals surface area contributed by atoms with Crippen LogP contribution in [0.2, 0.25) is 0 Å². The van der Waals surface area contributed by atoms with Gasteiger partial charge in [-0.1, -0.05) is 164 Å². The summed E-state index contributed by atoms with van der Waals surface area (Å²) in [5, 5.41) is 7.21. The van der Waals surface area contributed by atoms with Crippen LogP contribution in [-0.2, 0) is 0 Å². The van der Waals surface area contributed by atoms with Gasteiger partial charge in [-0.2, -0.15) is 0 Å². The van der Waals surface area contributed by atoms with Gasteiger partial charge in [-0.25, -0.2) is 0 Å². The number of hydrogen-bond acceptors (Lipinski definition) is 1. The third-order valence-electron chi connectivity index (χ3n) is 10.3. The monoisotopic (exact) mass is 648 g/mol. The first-order valence-corrected chi connectivity index (χ1v) is 17.5. The van der Waals surface area contributed by atoms with Crippen molar-refractivity contribution in [1.82, 2.24) is 0 Å². The summed E-state index contributed by atoms with van der Waals surface area (Å²) in [7, 11) is 0. The summed E-state index contributed by atoms with van der Waals surface area (Å²) in [5.41, 5.74) is 13.9. The molecule has 0 aliphatic carbocycles. The Balaban J connectivity index is 1.30. The van der Waals surface area contributed by atoms with Crippen molar-refractivity contribution in [1.29, 1.82) is 0 Å². The molecule has 0 radical (unpaired) electrons. The van der Waals surface area contributed by atoms with Gasteiger partial charge in [0.1, 0.15) is 11.2 Å². The van der Waals surface area contributed by atoms with E-state index in [0.717, 1.165) is 21.9 Å². The normalized spacial score (nSPS) is 11.5. The topological polar surface area (TPSA) is 13.1 Å². The maximum absolute atomic E-state index is 6.33. The van der Waals surface area contributed by atoms with Crippen LogP contribution in [0.5, 0.6) is 0 Å². The van der Waals surface area contributed by atoms with Crippen LogP contribution in [0.4, 0.5) is 0 Å². The fraction of sp³-hybridized carbons (Fsp3) is 0. The zero-order chi connectivity index (χ0) is 33.7. The highest BCUT2D eigenvalue weighted by molar-refractivity contribution is 6.23. The highest BCUT2D eigenvalue weighted by Crippen LogP contribution is 2.47. The smallest absolute Gasteiger partial charge is 0.136 e. The minimum atomic E-state index is 0.904.